The molecule has 3 heteroatoms. The molecule has 0 saturated heterocycles. The zero-order valence-corrected chi connectivity index (χ0v) is 7.43. The first-order valence-corrected chi connectivity index (χ1v) is 4.29. The van der Waals surface area contributed by atoms with Gasteiger partial charge in [-0.05, 0) is 29.8 Å². The van der Waals surface area contributed by atoms with Crippen LogP contribution in [0.15, 0.2) is 24.3 Å². The van der Waals surface area contributed by atoms with E-state index in [-0.39, 0.29) is 5.75 Å². The van der Waals surface area contributed by atoms with Crippen molar-refractivity contribution in [3.63, 3.8) is 0 Å². The van der Waals surface area contributed by atoms with Crippen LogP contribution >= 0.6 is 15.9 Å². The van der Waals surface area contributed by atoms with Crippen LogP contribution in [0.1, 0.15) is 5.56 Å². The highest BCUT2D eigenvalue weighted by Crippen LogP contribution is 2.10. The second-order valence-electron chi connectivity index (χ2n) is 2.16. The first kappa shape index (κ1) is 8.27. The number of phenols is 1. The van der Waals surface area contributed by atoms with E-state index in [2.05, 4.69) is 15.9 Å². The lowest BCUT2D eigenvalue weighted by Crippen LogP contribution is -1.98. The summed E-state index contributed by atoms with van der Waals surface area (Å²) in [6.07, 6.45) is 0. The molecule has 58 valence electrons. The Morgan fingerprint density at radius 3 is 2.36 bits per heavy atom. The average Bonchev–Trinajstić information content (AvgIpc) is 2.05. The van der Waals surface area contributed by atoms with Gasteiger partial charge in [-0.25, -0.2) is 0 Å². The third-order valence-corrected chi connectivity index (χ3v) is 1.91. The van der Waals surface area contributed by atoms with Gasteiger partial charge in [0.05, 0.1) is 0 Å². The molecule has 0 unspecified atom stereocenters. The summed E-state index contributed by atoms with van der Waals surface area (Å²) in [6, 6.07) is 6.59. The van der Waals surface area contributed by atoms with Gasteiger partial charge in [0, 0.05) is 11.0 Å². The van der Waals surface area contributed by atoms with E-state index in [0.717, 1.165) is 5.56 Å². The van der Waals surface area contributed by atoms with Crippen LogP contribution in [0.25, 0.3) is 0 Å². The predicted octanol–water partition coefficient (Wildman–Crippen LogP) is 2.15. The fourth-order valence-corrected chi connectivity index (χ4v) is 1.06. The molecule has 0 saturated carbocycles. The molecule has 1 rings (SSSR count). The van der Waals surface area contributed by atoms with Crippen LogP contribution in [0.5, 0.6) is 5.75 Å². The number of hydrogen-bond acceptors (Lipinski definition) is 2. The van der Waals surface area contributed by atoms with Gasteiger partial charge in [0.15, 0.2) is 0 Å². The minimum atomic E-state index is 0.233. The molecule has 0 aliphatic carbocycles. The molecule has 1 aromatic carbocycles. The minimum Gasteiger partial charge on any atom is -0.508 e. The summed E-state index contributed by atoms with van der Waals surface area (Å²) >= 11 is 3.18. The molecule has 0 heterocycles. The van der Waals surface area contributed by atoms with E-state index in [1.54, 1.807) is 24.3 Å². The van der Waals surface area contributed by atoms with Crippen molar-refractivity contribution in [3.8, 4) is 5.75 Å². The Morgan fingerprint density at radius 1 is 1.36 bits per heavy atom. The van der Waals surface area contributed by atoms with E-state index in [4.69, 9.17) is 10.5 Å². The topological polar surface area (TPSA) is 44.1 Å². The van der Waals surface area contributed by atoms with Crippen molar-refractivity contribution in [1.29, 1.82) is 5.41 Å². The van der Waals surface area contributed by atoms with Crippen LogP contribution in [-0.2, 0) is 0 Å². The molecule has 0 amide bonds. The summed E-state index contributed by atoms with van der Waals surface area (Å²) in [4.78, 5) is 0. The third-order valence-electron chi connectivity index (χ3n) is 1.35. The second-order valence-corrected chi connectivity index (χ2v) is 2.72. The summed E-state index contributed by atoms with van der Waals surface area (Å²) in [5.74, 6) is 0.233. The maximum absolute atomic E-state index is 8.93. The Labute approximate surface area is 73.5 Å². The maximum Gasteiger partial charge on any atom is 0.115 e. The van der Waals surface area contributed by atoms with Crippen LogP contribution < -0.4 is 0 Å². The fourth-order valence-electron chi connectivity index (χ4n) is 0.740. The minimum absolute atomic E-state index is 0.233. The monoisotopic (exact) mass is 213 g/mol. The predicted molar refractivity (Wildman–Crippen MR) is 48.7 cm³/mol. The number of halogens is 1. The molecule has 11 heavy (non-hydrogen) atoms. The first-order valence-electron chi connectivity index (χ1n) is 3.17. The highest BCUT2D eigenvalue weighted by Gasteiger charge is 1.97. The number of phenolic OH excluding ortho intramolecular Hbond substituents is 1. The zero-order valence-electron chi connectivity index (χ0n) is 5.84. The van der Waals surface area contributed by atoms with Crippen molar-refractivity contribution in [3.05, 3.63) is 29.8 Å². The van der Waals surface area contributed by atoms with Crippen molar-refractivity contribution in [2.75, 3.05) is 5.33 Å². The average molecular weight is 214 g/mol. The third kappa shape index (κ3) is 2.05. The van der Waals surface area contributed by atoms with E-state index in [0.29, 0.717) is 11.0 Å². The molecule has 0 aromatic heterocycles. The SMILES string of the molecule is N=C(CBr)c1ccc(O)cc1. The Hall–Kier alpha value is -0.830. The molecular formula is C8H8BrNO. The van der Waals surface area contributed by atoms with E-state index < -0.39 is 0 Å². The fraction of sp³-hybridized carbons (Fsp3) is 0.125. The summed E-state index contributed by atoms with van der Waals surface area (Å²) < 4.78 is 0. The lowest BCUT2D eigenvalue weighted by Gasteiger charge is -1.98. The standard InChI is InChI=1S/C8H8BrNO/c9-5-8(10)6-1-3-7(11)4-2-6/h1-4,10-11H,5H2. The van der Waals surface area contributed by atoms with Gasteiger partial charge < -0.3 is 10.5 Å². The lowest BCUT2D eigenvalue weighted by atomic mass is 10.1. The van der Waals surface area contributed by atoms with Gasteiger partial charge in [-0.2, -0.15) is 0 Å². The molecule has 0 bridgehead atoms. The molecule has 0 aliphatic rings. The van der Waals surface area contributed by atoms with Crippen molar-refractivity contribution in [1.82, 2.24) is 0 Å². The number of benzene rings is 1. The smallest absolute Gasteiger partial charge is 0.115 e. The van der Waals surface area contributed by atoms with Gasteiger partial charge in [0.2, 0.25) is 0 Å². The lowest BCUT2D eigenvalue weighted by molar-refractivity contribution is 0.475. The van der Waals surface area contributed by atoms with Gasteiger partial charge in [-0.1, -0.05) is 15.9 Å². The van der Waals surface area contributed by atoms with Crippen molar-refractivity contribution in [2.45, 2.75) is 0 Å². The Kier molecular flexibility index (Phi) is 2.65. The van der Waals surface area contributed by atoms with Crippen molar-refractivity contribution in [2.24, 2.45) is 0 Å². The maximum atomic E-state index is 8.93. The van der Waals surface area contributed by atoms with Crippen LogP contribution in [0.2, 0.25) is 0 Å². The molecule has 2 nitrogen and oxygen atoms in total. The van der Waals surface area contributed by atoms with E-state index in [1.807, 2.05) is 0 Å². The zero-order chi connectivity index (χ0) is 8.27. The Morgan fingerprint density at radius 2 is 1.91 bits per heavy atom. The van der Waals surface area contributed by atoms with Gasteiger partial charge in [0.25, 0.3) is 0 Å². The summed E-state index contributed by atoms with van der Waals surface area (Å²) in [5.41, 5.74) is 1.35. The number of nitrogens with one attached hydrogen (secondary N) is 1. The van der Waals surface area contributed by atoms with Crippen LogP contribution in [0.3, 0.4) is 0 Å². The number of rotatable bonds is 2. The normalized spacial score (nSPS) is 9.55. The van der Waals surface area contributed by atoms with Crippen molar-refractivity contribution < 1.29 is 5.11 Å². The van der Waals surface area contributed by atoms with Crippen LogP contribution in [0.4, 0.5) is 0 Å². The highest BCUT2D eigenvalue weighted by molar-refractivity contribution is 9.09. The van der Waals surface area contributed by atoms with Gasteiger partial charge in [0.1, 0.15) is 5.75 Å². The van der Waals surface area contributed by atoms with Gasteiger partial charge in [-0.15, -0.1) is 0 Å². The number of aromatic hydroxyl groups is 1. The Bertz CT molecular complexity index is 255. The van der Waals surface area contributed by atoms with E-state index in [9.17, 15) is 0 Å². The summed E-state index contributed by atoms with van der Waals surface area (Å²) in [7, 11) is 0. The van der Waals surface area contributed by atoms with E-state index >= 15 is 0 Å². The number of hydrogen-bond donors (Lipinski definition) is 2. The quantitative estimate of drug-likeness (QED) is 0.574. The van der Waals surface area contributed by atoms with Gasteiger partial charge >= 0.3 is 0 Å². The summed E-state index contributed by atoms with van der Waals surface area (Å²) in [6.45, 7) is 0. The molecule has 1 aromatic rings. The first-order chi connectivity index (χ1) is 5.24. The number of alkyl halides is 1. The van der Waals surface area contributed by atoms with Crippen molar-refractivity contribution >= 4 is 21.6 Å². The highest BCUT2D eigenvalue weighted by atomic mass is 79.9. The second kappa shape index (κ2) is 3.53. The van der Waals surface area contributed by atoms with Crippen LogP contribution in [0, 0.1) is 5.41 Å². The summed E-state index contributed by atoms with van der Waals surface area (Å²) in [5, 5.41) is 16.9. The molecule has 0 atom stereocenters. The van der Waals surface area contributed by atoms with Gasteiger partial charge in [-0.3, -0.25) is 0 Å². The Balaban J connectivity index is 2.90. The molecule has 0 aliphatic heterocycles. The molecule has 0 fully saturated rings. The van der Waals surface area contributed by atoms with E-state index in [1.165, 1.54) is 0 Å². The molecule has 0 spiro atoms. The molecule has 0 radical (unpaired) electrons. The molecular weight excluding hydrogens is 206 g/mol. The molecule has 2 N–H and O–H groups in total. The van der Waals surface area contributed by atoms with Crippen LogP contribution in [-0.4, -0.2) is 16.1 Å². The largest absolute Gasteiger partial charge is 0.508 e.